The fourth-order valence-electron chi connectivity index (χ4n) is 2.34. The first-order valence-corrected chi connectivity index (χ1v) is 8.65. The Labute approximate surface area is 133 Å². The van der Waals surface area contributed by atoms with Gasteiger partial charge in [0.05, 0.1) is 17.3 Å². The summed E-state index contributed by atoms with van der Waals surface area (Å²) in [4.78, 5) is 11.2. The van der Waals surface area contributed by atoms with Crippen LogP contribution in [-0.4, -0.2) is 40.7 Å². The minimum absolute atomic E-state index is 0.0275. The average molecular weight is 347 g/mol. The predicted octanol–water partition coefficient (Wildman–Crippen LogP) is 0.986. The summed E-state index contributed by atoms with van der Waals surface area (Å²) in [6.07, 6.45) is 0.829. The Morgan fingerprint density at radius 3 is 2.95 bits per heavy atom. The monoisotopic (exact) mass is 346 g/mol. The summed E-state index contributed by atoms with van der Waals surface area (Å²) in [5.74, 6) is 0.147. The Bertz CT molecular complexity index is 701. The van der Waals surface area contributed by atoms with Crippen molar-refractivity contribution in [3.63, 3.8) is 0 Å². The SMILES string of the molecule is O=C1COc2cc(S(=O)(=O)NCC3CCOC3)c(Cl)cc2N1. The summed E-state index contributed by atoms with van der Waals surface area (Å²) in [6.45, 7) is 1.35. The zero-order valence-corrected chi connectivity index (χ0v) is 13.2. The molecule has 0 saturated carbocycles. The van der Waals surface area contributed by atoms with Gasteiger partial charge in [0.15, 0.2) is 6.61 Å². The lowest BCUT2D eigenvalue weighted by Gasteiger charge is -2.19. The minimum Gasteiger partial charge on any atom is -0.482 e. The van der Waals surface area contributed by atoms with Crippen LogP contribution in [0.5, 0.6) is 5.75 Å². The van der Waals surface area contributed by atoms with Crippen LogP contribution in [0.3, 0.4) is 0 Å². The molecule has 1 aromatic rings. The van der Waals surface area contributed by atoms with Crippen molar-refractivity contribution in [3.8, 4) is 5.75 Å². The number of benzene rings is 1. The fraction of sp³-hybridized carbons (Fsp3) is 0.462. The van der Waals surface area contributed by atoms with E-state index in [1.54, 1.807) is 0 Å². The van der Waals surface area contributed by atoms with Crippen molar-refractivity contribution in [3.05, 3.63) is 17.2 Å². The van der Waals surface area contributed by atoms with Gasteiger partial charge in [-0.2, -0.15) is 0 Å². The van der Waals surface area contributed by atoms with Gasteiger partial charge in [0.2, 0.25) is 10.0 Å². The van der Waals surface area contributed by atoms with Crippen molar-refractivity contribution in [2.45, 2.75) is 11.3 Å². The van der Waals surface area contributed by atoms with Gasteiger partial charge in [-0.05, 0) is 18.4 Å². The molecule has 2 aliphatic heterocycles. The van der Waals surface area contributed by atoms with E-state index >= 15 is 0 Å². The molecule has 0 radical (unpaired) electrons. The van der Waals surface area contributed by atoms with E-state index in [0.29, 0.717) is 25.4 Å². The summed E-state index contributed by atoms with van der Waals surface area (Å²) in [6, 6.07) is 2.70. The standard InChI is InChI=1S/C13H15ClN2O5S/c14-9-3-10-11(21-7-13(17)16-10)4-12(9)22(18,19)15-5-8-1-2-20-6-8/h3-4,8,15H,1-2,5-7H2,(H,16,17). The summed E-state index contributed by atoms with van der Waals surface area (Å²) < 4.78 is 37.7. The van der Waals surface area contributed by atoms with Crippen LogP contribution in [-0.2, 0) is 19.6 Å². The largest absolute Gasteiger partial charge is 0.482 e. The summed E-state index contributed by atoms with van der Waals surface area (Å²) in [5, 5.41) is 2.60. The Kier molecular flexibility index (Phi) is 4.26. The highest BCUT2D eigenvalue weighted by molar-refractivity contribution is 7.89. The first kappa shape index (κ1) is 15.5. The molecule has 2 N–H and O–H groups in total. The molecule has 0 bridgehead atoms. The molecule has 0 spiro atoms. The Morgan fingerprint density at radius 1 is 1.41 bits per heavy atom. The maximum absolute atomic E-state index is 12.4. The van der Waals surface area contributed by atoms with Gasteiger partial charge in [-0.25, -0.2) is 13.1 Å². The quantitative estimate of drug-likeness (QED) is 0.847. The van der Waals surface area contributed by atoms with Crippen molar-refractivity contribution in [1.82, 2.24) is 4.72 Å². The zero-order valence-electron chi connectivity index (χ0n) is 11.6. The number of amides is 1. The molecular formula is C13H15ClN2O5S. The number of carbonyl (C=O) groups excluding carboxylic acids is 1. The van der Waals surface area contributed by atoms with Crippen LogP contribution in [0.2, 0.25) is 5.02 Å². The highest BCUT2D eigenvalue weighted by atomic mass is 35.5. The summed E-state index contributed by atoms with van der Waals surface area (Å²) in [5.41, 5.74) is 0.365. The van der Waals surface area contributed by atoms with Crippen molar-refractivity contribution in [2.75, 3.05) is 31.7 Å². The second-order valence-corrected chi connectivity index (χ2v) is 7.34. The lowest BCUT2D eigenvalue weighted by atomic mass is 10.1. The van der Waals surface area contributed by atoms with Crippen LogP contribution in [0.4, 0.5) is 5.69 Å². The van der Waals surface area contributed by atoms with E-state index in [0.717, 1.165) is 6.42 Å². The topological polar surface area (TPSA) is 93.7 Å². The van der Waals surface area contributed by atoms with E-state index in [-0.39, 0.29) is 34.1 Å². The van der Waals surface area contributed by atoms with Crippen LogP contribution in [0.25, 0.3) is 0 Å². The fourth-order valence-corrected chi connectivity index (χ4v) is 3.99. The number of ether oxygens (including phenoxy) is 2. The van der Waals surface area contributed by atoms with Gasteiger partial charge in [0.1, 0.15) is 10.6 Å². The van der Waals surface area contributed by atoms with Crippen LogP contribution in [0.1, 0.15) is 6.42 Å². The van der Waals surface area contributed by atoms with Crippen LogP contribution >= 0.6 is 11.6 Å². The van der Waals surface area contributed by atoms with Gasteiger partial charge in [0.25, 0.3) is 5.91 Å². The van der Waals surface area contributed by atoms with Gasteiger partial charge in [-0.15, -0.1) is 0 Å². The molecule has 1 unspecified atom stereocenters. The lowest BCUT2D eigenvalue weighted by Crippen LogP contribution is -2.30. The molecule has 3 rings (SSSR count). The molecule has 2 heterocycles. The number of sulfonamides is 1. The molecule has 1 atom stereocenters. The first-order valence-electron chi connectivity index (χ1n) is 6.79. The molecule has 9 heteroatoms. The van der Waals surface area contributed by atoms with Gasteiger partial charge in [-0.1, -0.05) is 11.6 Å². The van der Waals surface area contributed by atoms with Gasteiger partial charge in [-0.3, -0.25) is 4.79 Å². The van der Waals surface area contributed by atoms with Crippen molar-refractivity contribution in [1.29, 1.82) is 0 Å². The highest BCUT2D eigenvalue weighted by Gasteiger charge is 2.26. The highest BCUT2D eigenvalue weighted by Crippen LogP contribution is 2.35. The van der Waals surface area contributed by atoms with E-state index in [9.17, 15) is 13.2 Å². The van der Waals surface area contributed by atoms with Gasteiger partial charge < -0.3 is 14.8 Å². The van der Waals surface area contributed by atoms with Crippen molar-refractivity contribution in [2.24, 2.45) is 5.92 Å². The normalized spacial score (nSPS) is 21.1. The maximum atomic E-state index is 12.4. The zero-order chi connectivity index (χ0) is 15.7. The summed E-state index contributed by atoms with van der Waals surface area (Å²) in [7, 11) is -3.76. The van der Waals surface area contributed by atoms with Crippen LogP contribution in [0, 0.1) is 5.92 Å². The molecule has 1 saturated heterocycles. The molecule has 1 fully saturated rings. The molecule has 22 heavy (non-hydrogen) atoms. The van der Waals surface area contributed by atoms with Gasteiger partial charge >= 0.3 is 0 Å². The van der Waals surface area contributed by atoms with E-state index in [1.807, 2.05) is 0 Å². The number of rotatable bonds is 4. The first-order chi connectivity index (χ1) is 10.5. The van der Waals surface area contributed by atoms with E-state index in [2.05, 4.69) is 10.0 Å². The second-order valence-electron chi connectivity index (χ2n) is 5.20. The molecule has 0 aromatic heterocycles. The maximum Gasteiger partial charge on any atom is 0.262 e. The van der Waals surface area contributed by atoms with Gasteiger partial charge in [0, 0.05) is 19.2 Å². The van der Waals surface area contributed by atoms with E-state index in [4.69, 9.17) is 21.1 Å². The molecule has 120 valence electrons. The molecule has 2 aliphatic rings. The number of anilines is 1. The van der Waals surface area contributed by atoms with Crippen molar-refractivity contribution < 1.29 is 22.7 Å². The second kappa shape index (κ2) is 6.04. The number of fused-ring (bicyclic) bond motifs is 1. The number of halogens is 1. The number of hydrogen-bond acceptors (Lipinski definition) is 5. The molecule has 1 amide bonds. The number of nitrogens with one attached hydrogen (secondary N) is 2. The lowest BCUT2D eigenvalue weighted by molar-refractivity contribution is -0.118. The number of carbonyl (C=O) groups is 1. The van der Waals surface area contributed by atoms with E-state index in [1.165, 1.54) is 12.1 Å². The van der Waals surface area contributed by atoms with Crippen molar-refractivity contribution >= 4 is 33.2 Å². The van der Waals surface area contributed by atoms with E-state index < -0.39 is 10.0 Å². The molecule has 1 aromatic carbocycles. The third-order valence-corrected chi connectivity index (χ3v) is 5.43. The molecular weight excluding hydrogens is 332 g/mol. The summed E-state index contributed by atoms with van der Waals surface area (Å²) >= 11 is 6.04. The van der Waals surface area contributed by atoms with Crippen LogP contribution < -0.4 is 14.8 Å². The van der Waals surface area contributed by atoms with Crippen LogP contribution in [0.15, 0.2) is 17.0 Å². The Morgan fingerprint density at radius 2 is 2.23 bits per heavy atom. The Balaban J connectivity index is 1.82. The molecule has 7 nitrogen and oxygen atoms in total. The predicted molar refractivity (Wildman–Crippen MR) is 79.7 cm³/mol. The third kappa shape index (κ3) is 3.19. The molecule has 0 aliphatic carbocycles. The minimum atomic E-state index is -3.76. The Hall–Kier alpha value is -1.35. The third-order valence-electron chi connectivity index (χ3n) is 3.54. The average Bonchev–Trinajstić information content (AvgIpc) is 2.97. The number of hydrogen-bond donors (Lipinski definition) is 2. The smallest absolute Gasteiger partial charge is 0.262 e.